The van der Waals surface area contributed by atoms with Crippen LogP contribution in [0.1, 0.15) is 43.5 Å². The van der Waals surface area contributed by atoms with Gasteiger partial charge in [-0.2, -0.15) is 4.99 Å². The molecule has 1 aromatic rings. The Morgan fingerprint density at radius 2 is 1.95 bits per heavy atom. The fourth-order valence-electron chi connectivity index (χ4n) is 2.88. The molecule has 1 saturated carbocycles. The van der Waals surface area contributed by atoms with Crippen LogP contribution in [0.5, 0.6) is 11.5 Å². The Labute approximate surface area is 116 Å². The van der Waals surface area contributed by atoms with Crippen molar-refractivity contribution in [2.24, 2.45) is 4.99 Å². The van der Waals surface area contributed by atoms with Crippen LogP contribution < -0.4 is 9.47 Å². The highest BCUT2D eigenvalue weighted by atomic mass is 19.1. The van der Waals surface area contributed by atoms with Gasteiger partial charge in [0.25, 0.3) is 0 Å². The highest BCUT2D eigenvalue weighted by molar-refractivity contribution is 5.53. The van der Waals surface area contributed by atoms with E-state index in [0.717, 1.165) is 24.8 Å². The topological polar surface area (TPSA) is 47.9 Å². The van der Waals surface area contributed by atoms with Gasteiger partial charge in [0, 0.05) is 0 Å². The van der Waals surface area contributed by atoms with Crippen LogP contribution >= 0.6 is 0 Å². The van der Waals surface area contributed by atoms with Gasteiger partial charge in [0.05, 0.1) is 5.54 Å². The first-order valence-electron chi connectivity index (χ1n) is 6.83. The minimum Gasteiger partial charge on any atom is -0.486 e. The number of nitrogens with zero attached hydrogens (tertiary/aromatic N) is 1. The molecule has 0 radical (unpaired) electrons. The first kappa shape index (κ1) is 13.1. The minimum atomic E-state index is -1.15. The fourth-order valence-corrected chi connectivity index (χ4v) is 2.88. The van der Waals surface area contributed by atoms with Gasteiger partial charge >= 0.3 is 0 Å². The van der Waals surface area contributed by atoms with Crippen LogP contribution in [-0.4, -0.2) is 19.3 Å². The van der Waals surface area contributed by atoms with Crippen molar-refractivity contribution in [3.63, 3.8) is 0 Å². The number of hydrogen-bond donors (Lipinski definition) is 0. The average Bonchev–Trinajstić information content (AvgIpc) is 2.41. The van der Waals surface area contributed by atoms with E-state index in [1.165, 1.54) is 6.92 Å². The van der Waals surface area contributed by atoms with Crippen LogP contribution in [0.2, 0.25) is 0 Å². The van der Waals surface area contributed by atoms with E-state index >= 15 is 0 Å². The molecule has 20 heavy (non-hydrogen) atoms. The molecule has 4 nitrogen and oxygen atoms in total. The lowest BCUT2D eigenvalue weighted by Crippen LogP contribution is -2.33. The summed E-state index contributed by atoms with van der Waals surface area (Å²) in [5.41, 5.74) is 0.618. The Bertz CT molecular complexity index is 575. The maximum absolute atomic E-state index is 14.0. The number of carbonyl (C=O) groups excluding carboxylic acids is 1. The quantitative estimate of drug-likeness (QED) is 0.629. The van der Waals surface area contributed by atoms with Gasteiger partial charge in [-0.3, -0.25) is 0 Å². The number of isocyanates is 1. The smallest absolute Gasteiger partial charge is 0.235 e. The molecule has 1 aliphatic carbocycles. The van der Waals surface area contributed by atoms with Crippen molar-refractivity contribution in [2.75, 3.05) is 13.2 Å². The zero-order chi connectivity index (χ0) is 14.2. The lowest BCUT2D eigenvalue weighted by Gasteiger charge is -2.39. The molecule has 1 atom stereocenters. The van der Waals surface area contributed by atoms with Crippen molar-refractivity contribution in [3.05, 3.63) is 23.3 Å². The normalized spacial score (nSPS) is 20.5. The standard InChI is InChI=1S/C15H16FNO3/c1-10(16)11-7-13-14(20-6-5-19-13)8-12(11)15(17-9-18)3-2-4-15/h7-8,10H,2-6H2,1H3. The third-order valence-corrected chi connectivity index (χ3v) is 4.08. The third kappa shape index (κ3) is 1.98. The molecular weight excluding hydrogens is 261 g/mol. The van der Waals surface area contributed by atoms with E-state index in [1.54, 1.807) is 18.2 Å². The summed E-state index contributed by atoms with van der Waals surface area (Å²) in [5.74, 6) is 1.16. The molecule has 1 fully saturated rings. The maximum Gasteiger partial charge on any atom is 0.235 e. The SMILES string of the molecule is CC(F)c1cc2c(cc1C1(N=C=O)CCC1)OCCO2. The Kier molecular flexibility index (Phi) is 3.22. The van der Waals surface area contributed by atoms with Crippen molar-refractivity contribution < 1.29 is 18.7 Å². The summed E-state index contributed by atoms with van der Waals surface area (Å²) in [6, 6.07) is 3.45. The van der Waals surface area contributed by atoms with Crippen molar-refractivity contribution in [1.82, 2.24) is 0 Å². The van der Waals surface area contributed by atoms with Crippen LogP contribution in [0.15, 0.2) is 17.1 Å². The molecule has 2 aliphatic rings. The molecule has 1 unspecified atom stereocenters. The highest BCUT2D eigenvalue weighted by Gasteiger charge is 2.42. The molecule has 0 amide bonds. The van der Waals surface area contributed by atoms with Crippen molar-refractivity contribution in [2.45, 2.75) is 37.9 Å². The fraction of sp³-hybridized carbons (Fsp3) is 0.533. The first-order valence-corrected chi connectivity index (χ1v) is 6.83. The molecule has 1 aromatic carbocycles. The number of rotatable bonds is 3. The molecule has 0 aromatic heterocycles. The number of aliphatic imine (C=N–C) groups is 1. The Morgan fingerprint density at radius 1 is 1.30 bits per heavy atom. The molecule has 106 valence electrons. The van der Waals surface area contributed by atoms with Crippen molar-refractivity contribution >= 4 is 6.08 Å². The summed E-state index contributed by atoms with van der Waals surface area (Å²) in [7, 11) is 0. The molecule has 0 bridgehead atoms. The number of benzene rings is 1. The predicted molar refractivity (Wildman–Crippen MR) is 70.6 cm³/mol. The van der Waals surface area contributed by atoms with Gasteiger partial charge < -0.3 is 9.47 Å². The van der Waals surface area contributed by atoms with E-state index in [1.807, 2.05) is 0 Å². The maximum atomic E-state index is 14.0. The molecular formula is C15H16FNO3. The van der Waals surface area contributed by atoms with E-state index in [4.69, 9.17) is 9.47 Å². The molecule has 0 spiro atoms. The van der Waals surface area contributed by atoms with Gasteiger partial charge in [-0.05, 0) is 49.4 Å². The van der Waals surface area contributed by atoms with Gasteiger partial charge in [-0.25, -0.2) is 9.18 Å². The average molecular weight is 277 g/mol. The third-order valence-electron chi connectivity index (χ3n) is 4.08. The molecule has 0 saturated heterocycles. The number of hydrogen-bond acceptors (Lipinski definition) is 4. The molecule has 1 aliphatic heterocycles. The lowest BCUT2D eigenvalue weighted by molar-refractivity contribution is 0.169. The Morgan fingerprint density at radius 3 is 2.45 bits per heavy atom. The second-order valence-corrected chi connectivity index (χ2v) is 5.29. The zero-order valence-corrected chi connectivity index (χ0v) is 11.3. The van der Waals surface area contributed by atoms with Crippen LogP contribution in [0.25, 0.3) is 0 Å². The minimum absolute atomic E-state index is 0.462. The molecule has 3 rings (SSSR count). The largest absolute Gasteiger partial charge is 0.486 e. The second kappa shape index (κ2) is 4.91. The summed E-state index contributed by atoms with van der Waals surface area (Å²) < 4.78 is 25.0. The van der Waals surface area contributed by atoms with Gasteiger partial charge in [0.2, 0.25) is 6.08 Å². The van der Waals surface area contributed by atoms with E-state index in [9.17, 15) is 9.18 Å². The van der Waals surface area contributed by atoms with Gasteiger partial charge in [0.15, 0.2) is 11.5 Å². The van der Waals surface area contributed by atoms with Gasteiger partial charge in [0.1, 0.15) is 19.4 Å². The molecule has 0 N–H and O–H groups in total. The predicted octanol–water partition coefficient (Wildman–Crippen LogP) is 3.20. The summed E-state index contributed by atoms with van der Waals surface area (Å²) in [4.78, 5) is 14.7. The van der Waals surface area contributed by atoms with Gasteiger partial charge in [-0.1, -0.05) is 0 Å². The van der Waals surface area contributed by atoms with E-state index in [0.29, 0.717) is 30.3 Å². The van der Waals surface area contributed by atoms with E-state index in [-0.39, 0.29) is 0 Å². The highest BCUT2D eigenvalue weighted by Crippen LogP contribution is 2.50. The van der Waals surface area contributed by atoms with Crippen LogP contribution in [0.4, 0.5) is 4.39 Å². The first-order chi connectivity index (χ1) is 9.66. The second-order valence-electron chi connectivity index (χ2n) is 5.29. The van der Waals surface area contributed by atoms with E-state index in [2.05, 4.69) is 4.99 Å². The van der Waals surface area contributed by atoms with Crippen LogP contribution in [0.3, 0.4) is 0 Å². The monoisotopic (exact) mass is 277 g/mol. The number of alkyl halides is 1. The summed E-state index contributed by atoms with van der Waals surface area (Å²) in [6.45, 7) is 2.41. The molecule has 5 heteroatoms. The van der Waals surface area contributed by atoms with Crippen LogP contribution in [0, 0.1) is 0 Å². The number of ether oxygens (including phenoxy) is 2. The summed E-state index contributed by atoms with van der Waals surface area (Å²) in [5, 5.41) is 0. The zero-order valence-electron chi connectivity index (χ0n) is 11.3. The Hall–Kier alpha value is -1.87. The van der Waals surface area contributed by atoms with Crippen molar-refractivity contribution in [1.29, 1.82) is 0 Å². The van der Waals surface area contributed by atoms with E-state index < -0.39 is 11.7 Å². The summed E-state index contributed by atoms with van der Waals surface area (Å²) in [6.07, 6.45) is 2.93. The lowest BCUT2D eigenvalue weighted by atomic mass is 9.70. The number of fused-ring (bicyclic) bond motifs is 1. The van der Waals surface area contributed by atoms with Gasteiger partial charge in [-0.15, -0.1) is 0 Å². The Balaban J connectivity index is 2.15. The number of halogens is 1. The van der Waals surface area contributed by atoms with Crippen molar-refractivity contribution in [3.8, 4) is 11.5 Å². The summed E-state index contributed by atoms with van der Waals surface area (Å²) >= 11 is 0. The van der Waals surface area contributed by atoms with Crippen LogP contribution in [-0.2, 0) is 10.3 Å². The molecule has 1 heterocycles.